The number of nitrogens with one attached hydrogen (secondary N) is 1. The molecule has 2 rings (SSSR count). The monoisotopic (exact) mass is 250 g/mol. The molecule has 1 saturated heterocycles. The second-order valence-electron chi connectivity index (χ2n) is 5.29. The Morgan fingerprint density at radius 1 is 1.44 bits per heavy atom. The largest absolute Gasteiger partial charge is 0.365 e. The van der Waals surface area contributed by atoms with Crippen molar-refractivity contribution in [3.63, 3.8) is 0 Å². The highest BCUT2D eigenvalue weighted by Gasteiger charge is 2.21. The summed E-state index contributed by atoms with van der Waals surface area (Å²) >= 11 is 0. The number of likely N-dealkylation sites (N-methyl/N-ethyl adjacent to an activating group) is 1. The van der Waals surface area contributed by atoms with Gasteiger partial charge in [-0.25, -0.2) is 0 Å². The third kappa shape index (κ3) is 3.83. The number of rotatable bonds is 6. The predicted octanol–water partition coefficient (Wildman–Crippen LogP) is 0.912. The molecule has 0 bridgehead atoms. The maximum atomic E-state index is 5.60. The van der Waals surface area contributed by atoms with E-state index >= 15 is 0 Å². The second-order valence-corrected chi connectivity index (χ2v) is 5.29. The zero-order valence-corrected chi connectivity index (χ0v) is 11.4. The van der Waals surface area contributed by atoms with Crippen LogP contribution < -0.4 is 5.73 Å². The van der Waals surface area contributed by atoms with Crippen LogP contribution >= 0.6 is 0 Å². The molecule has 0 aliphatic carbocycles. The summed E-state index contributed by atoms with van der Waals surface area (Å²) in [4.78, 5) is 8.27. The van der Waals surface area contributed by atoms with E-state index in [-0.39, 0.29) is 0 Å². The fraction of sp³-hybridized carbons (Fsp3) is 0.714. The summed E-state index contributed by atoms with van der Waals surface area (Å²) in [6, 6.07) is 4.98. The Hall–Kier alpha value is -0.840. The Balaban J connectivity index is 1.69. The lowest BCUT2D eigenvalue weighted by Gasteiger charge is -2.36. The molecule has 3 N–H and O–H groups in total. The zero-order chi connectivity index (χ0) is 12.8. The lowest BCUT2D eigenvalue weighted by atomic mass is 10.0. The molecule has 1 aliphatic heterocycles. The van der Waals surface area contributed by atoms with Crippen LogP contribution in [0.4, 0.5) is 0 Å². The van der Waals surface area contributed by atoms with Gasteiger partial charge in [0.1, 0.15) is 0 Å². The van der Waals surface area contributed by atoms with Crippen molar-refractivity contribution in [2.24, 2.45) is 5.73 Å². The van der Waals surface area contributed by atoms with Gasteiger partial charge in [0.25, 0.3) is 0 Å². The first kappa shape index (κ1) is 13.6. The second kappa shape index (κ2) is 6.92. The Bertz CT molecular complexity index is 315. The van der Waals surface area contributed by atoms with Crippen molar-refractivity contribution < 1.29 is 0 Å². The van der Waals surface area contributed by atoms with E-state index in [1.165, 1.54) is 31.6 Å². The minimum atomic E-state index is 0.744. The van der Waals surface area contributed by atoms with E-state index in [4.69, 9.17) is 5.73 Å². The maximum absolute atomic E-state index is 5.60. The van der Waals surface area contributed by atoms with Crippen LogP contribution in [0.15, 0.2) is 18.3 Å². The summed E-state index contributed by atoms with van der Waals surface area (Å²) in [5, 5.41) is 0. The van der Waals surface area contributed by atoms with E-state index in [1.54, 1.807) is 0 Å². The molecule has 1 aromatic heterocycles. The third-order valence-corrected chi connectivity index (χ3v) is 4.02. The van der Waals surface area contributed by atoms with Crippen LogP contribution in [-0.2, 0) is 6.42 Å². The summed E-state index contributed by atoms with van der Waals surface area (Å²) in [6.07, 6.45) is 5.68. The Kier molecular flexibility index (Phi) is 5.23. The summed E-state index contributed by atoms with van der Waals surface area (Å²) in [6.45, 7) is 5.39. The predicted molar refractivity (Wildman–Crippen MR) is 75.6 cm³/mol. The van der Waals surface area contributed by atoms with Gasteiger partial charge in [0, 0.05) is 44.0 Å². The molecule has 18 heavy (non-hydrogen) atoms. The number of hydrogen-bond donors (Lipinski definition) is 2. The topological polar surface area (TPSA) is 48.3 Å². The van der Waals surface area contributed by atoms with Gasteiger partial charge >= 0.3 is 0 Å². The molecule has 0 radical (unpaired) electrons. The minimum Gasteiger partial charge on any atom is -0.365 e. The Morgan fingerprint density at radius 2 is 2.22 bits per heavy atom. The molecule has 4 nitrogen and oxygen atoms in total. The molecule has 0 aromatic carbocycles. The Morgan fingerprint density at radius 3 is 2.83 bits per heavy atom. The molecule has 0 amide bonds. The van der Waals surface area contributed by atoms with Gasteiger partial charge < -0.3 is 20.5 Å². The average molecular weight is 250 g/mol. The van der Waals surface area contributed by atoms with Crippen molar-refractivity contribution in [2.75, 3.05) is 39.8 Å². The van der Waals surface area contributed by atoms with E-state index in [1.807, 2.05) is 6.20 Å². The molecule has 0 unspecified atom stereocenters. The number of H-pyrrole nitrogens is 1. The van der Waals surface area contributed by atoms with Crippen molar-refractivity contribution in [2.45, 2.75) is 25.3 Å². The number of piperidine rings is 1. The van der Waals surface area contributed by atoms with Gasteiger partial charge in [-0.05, 0) is 45.1 Å². The lowest BCUT2D eigenvalue weighted by Crippen LogP contribution is -2.45. The van der Waals surface area contributed by atoms with Crippen LogP contribution in [0.2, 0.25) is 0 Å². The lowest BCUT2D eigenvalue weighted by molar-refractivity contribution is 0.131. The summed E-state index contributed by atoms with van der Waals surface area (Å²) < 4.78 is 0. The molecular formula is C14H26N4. The van der Waals surface area contributed by atoms with Gasteiger partial charge in [0.2, 0.25) is 0 Å². The summed E-state index contributed by atoms with van der Waals surface area (Å²) in [7, 11) is 2.26. The van der Waals surface area contributed by atoms with Gasteiger partial charge in [-0.2, -0.15) is 0 Å². The van der Waals surface area contributed by atoms with Gasteiger partial charge in [0.05, 0.1) is 0 Å². The van der Waals surface area contributed by atoms with Crippen molar-refractivity contribution >= 4 is 0 Å². The van der Waals surface area contributed by atoms with Gasteiger partial charge in [-0.15, -0.1) is 0 Å². The van der Waals surface area contributed by atoms with Gasteiger partial charge in [0.15, 0.2) is 0 Å². The number of aromatic nitrogens is 1. The zero-order valence-electron chi connectivity index (χ0n) is 11.4. The van der Waals surface area contributed by atoms with Crippen molar-refractivity contribution in [3.8, 4) is 0 Å². The number of likely N-dealkylation sites (tertiary alicyclic amines) is 1. The van der Waals surface area contributed by atoms with Crippen LogP contribution in [0.25, 0.3) is 0 Å². The summed E-state index contributed by atoms with van der Waals surface area (Å²) in [5.74, 6) is 0. The normalized spacial score (nSPS) is 18.6. The van der Waals surface area contributed by atoms with Crippen LogP contribution in [0.5, 0.6) is 0 Å². The van der Waals surface area contributed by atoms with E-state index in [9.17, 15) is 0 Å². The molecule has 0 saturated carbocycles. The average Bonchev–Trinajstić information content (AvgIpc) is 2.90. The minimum absolute atomic E-state index is 0.744. The molecule has 0 spiro atoms. The smallest absolute Gasteiger partial charge is 0.0159 e. The standard InChI is InChI=1S/C14H26N4/c1-17(9-4-13-3-2-8-16-13)14-5-10-18(11-6-14)12-7-15/h2-3,8,14,16H,4-7,9-12,15H2,1H3. The molecular weight excluding hydrogens is 224 g/mol. The van der Waals surface area contributed by atoms with Crippen LogP contribution in [0.3, 0.4) is 0 Å². The first-order valence-corrected chi connectivity index (χ1v) is 7.04. The number of nitrogens with two attached hydrogens (primary N) is 1. The highest BCUT2D eigenvalue weighted by atomic mass is 15.2. The van der Waals surface area contributed by atoms with Crippen LogP contribution in [0.1, 0.15) is 18.5 Å². The maximum Gasteiger partial charge on any atom is 0.0159 e. The first-order chi connectivity index (χ1) is 8.79. The quantitative estimate of drug-likeness (QED) is 0.789. The fourth-order valence-electron chi connectivity index (χ4n) is 2.77. The van der Waals surface area contributed by atoms with Gasteiger partial charge in [-0.3, -0.25) is 0 Å². The first-order valence-electron chi connectivity index (χ1n) is 7.04. The van der Waals surface area contributed by atoms with E-state index in [0.29, 0.717) is 0 Å². The van der Waals surface area contributed by atoms with Gasteiger partial charge in [-0.1, -0.05) is 0 Å². The third-order valence-electron chi connectivity index (χ3n) is 4.02. The van der Waals surface area contributed by atoms with Crippen LogP contribution in [-0.4, -0.2) is 60.6 Å². The van der Waals surface area contributed by atoms with Crippen molar-refractivity contribution in [3.05, 3.63) is 24.0 Å². The van der Waals surface area contributed by atoms with Crippen LogP contribution in [0, 0.1) is 0 Å². The Labute approximate surface area is 110 Å². The molecule has 2 heterocycles. The molecule has 0 atom stereocenters. The summed E-state index contributed by atoms with van der Waals surface area (Å²) in [5.41, 5.74) is 6.94. The van der Waals surface area contributed by atoms with E-state index in [0.717, 1.165) is 32.1 Å². The highest BCUT2D eigenvalue weighted by molar-refractivity contribution is 5.03. The molecule has 102 valence electrons. The van der Waals surface area contributed by atoms with Crippen molar-refractivity contribution in [1.29, 1.82) is 0 Å². The van der Waals surface area contributed by atoms with E-state index in [2.05, 4.69) is 34.0 Å². The SMILES string of the molecule is CN(CCc1ccc[nH]1)C1CCN(CCN)CC1. The molecule has 1 fully saturated rings. The highest BCUT2D eigenvalue weighted by Crippen LogP contribution is 2.15. The number of aromatic amines is 1. The molecule has 4 heteroatoms. The molecule has 1 aromatic rings. The number of hydrogen-bond acceptors (Lipinski definition) is 3. The number of nitrogens with zero attached hydrogens (tertiary/aromatic N) is 2. The fourth-order valence-corrected chi connectivity index (χ4v) is 2.77. The van der Waals surface area contributed by atoms with Crippen molar-refractivity contribution in [1.82, 2.24) is 14.8 Å². The van der Waals surface area contributed by atoms with E-state index < -0.39 is 0 Å². The molecule has 1 aliphatic rings.